The molecule has 4 heterocycles. The van der Waals surface area contributed by atoms with Crippen molar-refractivity contribution < 1.29 is 13.2 Å². The number of nitrogens with one attached hydrogen (secondary N) is 1. The van der Waals surface area contributed by atoms with Crippen LogP contribution in [0.2, 0.25) is 0 Å². The van der Waals surface area contributed by atoms with Crippen LogP contribution in [0, 0.1) is 18.8 Å². The van der Waals surface area contributed by atoms with Gasteiger partial charge in [0.1, 0.15) is 16.4 Å². The zero-order valence-electron chi connectivity index (χ0n) is 16.2. The number of rotatable bonds is 4. The number of nitrogens with zero attached hydrogens (tertiary/aromatic N) is 4. The second kappa shape index (κ2) is 8.79. The van der Waals surface area contributed by atoms with E-state index >= 15 is 0 Å². The normalized spacial score (nSPS) is 14.1. The Balaban J connectivity index is 1.60. The van der Waals surface area contributed by atoms with Crippen LogP contribution < -0.4 is 9.62 Å². The van der Waals surface area contributed by atoms with E-state index in [9.17, 15) is 8.42 Å². The van der Waals surface area contributed by atoms with E-state index in [0.29, 0.717) is 24.5 Å². The van der Waals surface area contributed by atoms with Crippen LogP contribution in [0.3, 0.4) is 0 Å². The molecular weight excluding hydrogens is 422 g/mol. The van der Waals surface area contributed by atoms with Crippen LogP contribution in [0.4, 0.5) is 11.5 Å². The summed E-state index contributed by atoms with van der Waals surface area (Å²) in [6.07, 6.45) is 4.57. The van der Waals surface area contributed by atoms with Crippen LogP contribution in [-0.4, -0.2) is 49.7 Å². The molecule has 0 bridgehead atoms. The van der Waals surface area contributed by atoms with Crippen LogP contribution in [0.5, 0.6) is 0 Å². The van der Waals surface area contributed by atoms with Gasteiger partial charge in [0.2, 0.25) is 0 Å². The van der Waals surface area contributed by atoms with E-state index in [2.05, 4.69) is 36.4 Å². The standard InChI is InChI=1S/C20H19N5O3S2/c1-15-18(20(23-14-22-15)25-6-8-28-9-7-25)5-4-16-11-17(13-21-12-16)24-30(26,27)19-3-2-10-29-19/h2-3,10-14,24H,6-9H2,1H3. The van der Waals surface area contributed by atoms with Crippen molar-refractivity contribution >= 4 is 32.9 Å². The molecule has 30 heavy (non-hydrogen) atoms. The Labute approximate surface area is 179 Å². The fourth-order valence-corrected chi connectivity index (χ4v) is 4.97. The molecule has 1 N–H and O–H groups in total. The van der Waals surface area contributed by atoms with E-state index in [1.165, 1.54) is 12.5 Å². The Morgan fingerprint density at radius 2 is 2.03 bits per heavy atom. The van der Waals surface area contributed by atoms with Crippen molar-refractivity contribution in [2.45, 2.75) is 11.1 Å². The maximum absolute atomic E-state index is 12.4. The molecule has 1 saturated heterocycles. The molecule has 0 unspecified atom stereocenters. The number of aryl methyl sites for hydroxylation is 1. The molecule has 0 amide bonds. The summed E-state index contributed by atoms with van der Waals surface area (Å²) in [4.78, 5) is 14.9. The van der Waals surface area contributed by atoms with Crippen molar-refractivity contribution in [2.24, 2.45) is 0 Å². The summed E-state index contributed by atoms with van der Waals surface area (Å²) in [5.74, 6) is 6.98. The summed E-state index contributed by atoms with van der Waals surface area (Å²) in [7, 11) is -3.64. The van der Waals surface area contributed by atoms with Gasteiger partial charge < -0.3 is 9.64 Å². The van der Waals surface area contributed by atoms with Gasteiger partial charge in [0.15, 0.2) is 0 Å². The average molecular weight is 442 g/mol. The molecular formula is C20H19N5O3S2. The number of ether oxygens (including phenoxy) is 1. The molecule has 154 valence electrons. The molecule has 1 aliphatic rings. The lowest BCUT2D eigenvalue weighted by molar-refractivity contribution is 0.122. The second-order valence-corrected chi connectivity index (χ2v) is 9.36. The summed E-state index contributed by atoms with van der Waals surface area (Å²) in [5, 5.41) is 1.71. The van der Waals surface area contributed by atoms with Crippen LogP contribution in [0.1, 0.15) is 16.8 Å². The Bertz CT molecular complexity index is 1190. The lowest BCUT2D eigenvalue weighted by Crippen LogP contribution is -2.37. The predicted molar refractivity (Wildman–Crippen MR) is 115 cm³/mol. The monoisotopic (exact) mass is 441 g/mol. The highest BCUT2D eigenvalue weighted by molar-refractivity contribution is 7.94. The summed E-state index contributed by atoms with van der Waals surface area (Å²) in [6, 6.07) is 4.89. The van der Waals surface area contributed by atoms with Gasteiger partial charge in [0.05, 0.1) is 36.4 Å². The second-order valence-electron chi connectivity index (χ2n) is 6.51. The average Bonchev–Trinajstić information content (AvgIpc) is 3.29. The molecule has 3 aromatic rings. The quantitative estimate of drug-likeness (QED) is 0.621. The highest BCUT2D eigenvalue weighted by atomic mass is 32.2. The largest absolute Gasteiger partial charge is 0.378 e. The lowest BCUT2D eigenvalue weighted by Gasteiger charge is -2.28. The number of sulfonamides is 1. The van der Waals surface area contributed by atoms with Gasteiger partial charge in [-0.15, -0.1) is 11.3 Å². The number of anilines is 2. The van der Waals surface area contributed by atoms with Crippen molar-refractivity contribution in [3.63, 3.8) is 0 Å². The maximum atomic E-state index is 12.4. The highest BCUT2D eigenvalue weighted by Crippen LogP contribution is 2.21. The SMILES string of the molecule is Cc1ncnc(N2CCOCC2)c1C#Cc1cncc(NS(=O)(=O)c2cccs2)c1. The zero-order valence-corrected chi connectivity index (χ0v) is 17.8. The number of morpholine rings is 1. The van der Waals surface area contributed by atoms with E-state index in [-0.39, 0.29) is 4.21 Å². The Hall–Kier alpha value is -3.00. The molecule has 0 aliphatic carbocycles. The first kappa shape index (κ1) is 20.3. The molecule has 10 heteroatoms. The number of thiophene rings is 1. The number of hydrogen-bond acceptors (Lipinski definition) is 8. The van der Waals surface area contributed by atoms with E-state index in [0.717, 1.165) is 41.5 Å². The molecule has 0 spiro atoms. The maximum Gasteiger partial charge on any atom is 0.271 e. The third-order valence-electron chi connectivity index (χ3n) is 4.41. The minimum Gasteiger partial charge on any atom is -0.378 e. The van der Waals surface area contributed by atoms with E-state index in [4.69, 9.17) is 4.74 Å². The van der Waals surface area contributed by atoms with Crippen LogP contribution in [0.15, 0.2) is 46.5 Å². The molecule has 0 atom stereocenters. The molecule has 8 nitrogen and oxygen atoms in total. The summed E-state index contributed by atoms with van der Waals surface area (Å²) in [6.45, 7) is 4.66. The van der Waals surface area contributed by atoms with E-state index in [1.807, 2.05) is 6.92 Å². The first-order chi connectivity index (χ1) is 14.5. The van der Waals surface area contributed by atoms with Gasteiger partial charge in [-0.25, -0.2) is 18.4 Å². The number of hydrogen-bond donors (Lipinski definition) is 1. The van der Waals surface area contributed by atoms with Gasteiger partial charge in [0.25, 0.3) is 10.0 Å². The molecule has 0 saturated carbocycles. The summed E-state index contributed by atoms with van der Waals surface area (Å²) >= 11 is 1.15. The topological polar surface area (TPSA) is 97.3 Å². The molecule has 0 aromatic carbocycles. The fourth-order valence-electron chi connectivity index (χ4n) is 2.94. The van der Waals surface area contributed by atoms with Crippen LogP contribution in [0.25, 0.3) is 0 Å². The van der Waals surface area contributed by atoms with Gasteiger partial charge in [-0.3, -0.25) is 9.71 Å². The molecule has 4 rings (SSSR count). The van der Waals surface area contributed by atoms with E-state index < -0.39 is 10.0 Å². The van der Waals surface area contributed by atoms with Crippen molar-refractivity contribution in [3.8, 4) is 11.8 Å². The van der Waals surface area contributed by atoms with Gasteiger partial charge in [-0.2, -0.15) is 0 Å². The van der Waals surface area contributed by atoms with Crippen molar-refractivity contribution in [2.75, 3.05) is 35.9 Å². The van der Waals surface area contributed by atoms with Crippen LogP contribution >= 0.6 is 11.3 Å². The minimum absolute atomic E-state index is 0.242. The molecule has 3 aromatic heterocycles. The minimum atomic E-state index is -3.64. The number of pyridine rings is 1. The van der Waals surface area contributed by atoms with Crippen molar-refractivity contribution in [1.29, 1.82) is 0 Å². The van der Waals surface area contributed by atoms with Crippen molar-refractivity contribution in [1.82, 2.24) is 15.0 Å². The summed E-state index contributed by atoms with van der Waals surface area (Å²) in [5.41, 5.74) is 2.45. The summed E-state index contributed by atoms with van der Waals surface area (Å²) < 4.78 is 33.0. The molecule has 0 radical (unpaired) electrons. The smallest absolute Gasteiger partial charge is 0.271 e. The molecule has 1 aliphatic heterocycles. The Morgan fingerprint density at radius 1 is 1.20 bits per heavy atom. The highest BCUT2D eigenvalue weighted by Gasteiger charge is 2.17. The van der Waals surface area contributed by atoms with Crippen LogP contribution in [-0.2, 0) is 14.8 Å². The van der Waals surface area contributed by atoms with E-state index in [1.54, 1.807) is 29.8 Å². The third kappa shape index (κ3) is 4.59. The van der Waals surface area contributed by atoms with Crippen molar-refractivity contribution in [3.05, 3.63) is 59.1 Å². The first-order valence-corrected chi connectivity index (χ1v) is 11.6. The molecule has 1 fully saturated rings. The van der Waals surface area contributed by atoms with Gasteiger partial charge in [0, 0.05) is 24.8 Å². The Morgan fingerprint density at radius 3 is 2.80 bits per heavy atom. The number of aromatic nitrogens is 3. The fraction of sp³-hybridized carbons (Fsp3) is 0.250. The Kier molecular flexibility index (Phi) is 5.94. The first-order valence-electron chi connectivity index (χ1n) is 9.20. The van der Waals surface area contributed by atoms with Gasteiger partial charge in [-0.1, -0.05) is 17.9 Å². The predicted octanol–water partition coefficient (Wildman–Crippen LogP) is 2.28. The van der Waals surface area contributed by atoms with Gasteiger partial charge >= 0.3 is 0 Å². The zero-order chi connectivity index (χ0) is 21.0. The third-order valence-corrected chi connectivity index (χ3v) is 7.19. The lowest BCUT2D eigenvalue weighted by atomic mass is 10.2. The van der Waals surface area contributed by atoms with Gasteiger partial charge in [-0.05, 0) is 24.4 Å².